The van der Waals surface area contributed by atoms with Gasteiger partial charge in [0, 0.05) is 13.0 Å². The van der Waals surface area contributed by atoms with E-state index in [0.29, 0.717) is 24.1 Å². The summed E-state index contributed by atoms with van der Waals surface area (Å²) in [5.41, 5.74) is 0. The van der Waals surface area contributed by atoms with Gasteiger partial charge in [0.15, 0.2) is 0 Å². The number of allylic oxidation sites excluding steroid dienone is 12. The Morgan fingerprint density at radius 2 is 0.817 bits per heavy atom. The minimum absolute atomic E-state index is 0.0813. The highest BCUT2D eigenvalue weighted by atomic mass is 31.2. The summed E-state index contributed by atoms with van der Waals surface area (Å²) in [6, 6.07) is 0. The van der Waals surface area contributed by atoms with E-state index in [1.165, 1.54) is 154 Å². The largest absolute Gasteiger partial charge is 0.472 e. The Morgan fingerprint density at radius 1 is 0.451 bits per heavy atom. The first-order chi connectivity index (χ1) is 34.6. The van der Waals surface area contributed by atoms with Crippen molar-refractivity contribution in [2.24, 2.45) is 0 Å². The third kappa shape index (κ3) is 58.7. The predicted octanol–water partition coefficient (Wildman–Crippen LogP) is 19.0. The molecule has 0 aromatic carbocycles. The number of nitrogens with zero attached hydrogens (tertiary/aromatic N) is 1. The quantitative estimate of drug-likeness (QED) is 0.0213. The smallest absolute Gasteiger partial charge is 0.457 e. The fraction of sp³-hybridized carbons (Fsp3) is 0.790. The van der Waals surface area contributed by atoms with Crippen LogP contribution in [0, 0.1) is 0 Å². The van der Waals surface area contributed by atoms with Crippen LogP contribution in [0.2, 0.25) is 0 Å². The van der Waals surface area contributed by atoms with Crippen LogP contribution < -0.4 is 0 Å². The fourth-order valence-electron chi connectivity index (χ4n) is 8.27. The number of unbranched alkanes of at least 4 members (excludes halogenated alkanes) is 29. The lowest BCUT2D eigenvalue weighted by Gasteiger charge is -2.24. The second-order valence-electron chi connectivity index (χ2n) is 21.0. The number of phosphoric ester groups is 1. The van der Waals surface area contributed by atoms with Crippen molar-refractivity contribution in [2.45, 2.75) is 264 Å². The first-order valence-corrected chi connectivity index (χ1v) is 31.2. The molecule has 1 N–H and O–H groups in total. The second-order valence-corrected chi connectivity index (χ2v) is 22.5. The van der Waals surface area contributed by atoms with Crippen LogP contribution in [-0.4, -0.2) is 75.6 Å². The first kappa shape index (κ1) is 68.9. The Hall–Kier alpha value is -2.06. The zero-order chi connectivity index (χ0) is 51.9. The Labute approximate surface area is 440 Å². The summed E-state index contributed by atoms with van der Waals surface area (Å²) in [6.45, 7) is 5.51. The van der Waals surface area contributed by atoms with Gasteiger partial charge in [0.2, 0.25) is 0 Å². The van der Waals surface area contributed by atoms with Gasteiger partial charge in [0.25, 0.3) is 0 Å². The number of quaternary nitrogens is 1. The van der Waals surface area contributed by atoms with Crippen LogP contribution >= 0.6 is 7.82 Å². The van der Waals surface area contributed by atoms with Crippen molar-refractivity contribution in [2.75, 3.05) is 54.1 Å². The van der Waals surface area contributed by atoms with Crippen LogP contribution in [0.25, 0.3) is 0 Å². The number of carbonyl (C=O) groups is 1. The van der Waals surface area contributed by atoms with Crippen molar-refractivity contribution in [3.63, 3.8) is 0 Å². The van der Waals surface area contributed by atoms with Crippen LogP contribution in [0.5, 0.6) is 0 Å². The van der Waals surface area contributed by atoms with Gasteiger partial charge in [-0.2, -0.15) is 0 Å². The van der Waals surface area contributed by atoms with Crippen molar-refractivity contribution in [1.82, 2.24) is 0 Å². The van der Waals surface area contributed by atoms with Crippen LogP contribution in [0.3, 0.4) is 0 Å². The van der Waals surface area contributed by atoms with Gasteiger partial charge in [-0.1, -0.05) is 260 Å². The lowest BCUT2D eigenvalue weighted by atomic mass is 10.0. The molecule has 0 amide bonds. The molecule has 0 heterocycles. The van der Waals surface area contributed by atoms with Crippen molar-refractivity contribution < 1.29 is 37.3 Å². The van der Waals surface area contributed by atoms with Gasteiger partial charge in [-0.05, 0) is 64.2 Å². The average Bonchev–Trinajstić information content (AvgIpc) is 3.33. The molecule has 2 atom stereocenters. The third-order valence-electron chi connectivity index (χ3n) is 12.8. The lowest BCUT2D eigenvalue weighted by Crippen LogP contribution is -2.37. The van der Waals surface area contributed by atoms with Gasteiger partial charge in [-0.3, -0.25) is 13.8 Å². The summed E-state index contributed by atoms with van der Waals surface area (Å²) in [5, 5.41) is 0. The van der Waals surface area contributed by atoms with Crippen molar-refractivity contribution in [3.05, 3.63) is 72.9 Å². The van der Waals surface area contributed by atoms with Crippen LogP contribution in [0.15, 0.2) is 72.9 Å². The predicted molar refractivity (Wildman–Crippen MR) is 307 cm³/mol. The highest BCUT2D eigenvalue weighted by Crippen LogP contribution is 2.43. The molecular formula is C62H115NO7P+. The molecule has 0 aliphatic rings. The summed E-state index contributed by atoms with van der Waals surface area (Å²) < 4.78 is 35.3. The van der Waals surface area contributed by atoms with Gasteiger partial charge in [-0.25, -0.2) is 4.57 Å². The summed E-state index contributed by atoms with van der Waals surface area (Å²) >= 11 is 0. The molecule has 9 heteroatoms. The Morgan fingerprint density at radius 3 is 1.23 bits per heavy atom. The highest BCUT2D eigenvalue weighted by Gasteiger charge is 2.26. The van der Waals surface area contributed by atoms with E-state index in [4.69, 9.17) is 18.5 Å². The Bertz CT molecular complexity index is 1370. The molecule has 0 saturated carbocycles. The SMILES string of the molecule is CC/C=C\C/C=C\C/C=C\C/C=C\C/C=C\C/C=C\CCCCCCC(=O)OC(COCCCCCCCCCCCCCCCCCCCCCCCCCCCC)COP(=O)(O)OCC[N+](C)(C)C. The Balaban J connectivity index is 4.09. The molecule has 0 saturated heterocycles. The van der Waals surface area contributed by atoms with Crippen molar-refractivity contribution in [3.8, 4) is 0 Å². The zero-order valence-corrected chi connectivity index (χ0v) is 48.1. The van der Waals surface area contributed by atoms with E-state index in [0.717, 1.165) is 83.5 Å². The minimum Gasteiger partial charge on any atom is -0.457 e. The molecule has 0 bridgehead atoms. The number of likely N-dealkylation sites (N-methyl/N-ethyl adjacent to an activating group) is 1. The van der Waals surface area contributed by atoms with Gasteiger partial charge in [-0.15, -0.1) is 0 Å². The number of hydrogen-bond acceptors (Lipinski definition) is 6. The van der Waals surface area contributed by atoms with Crippen LogP contribution in [0.4, 0.5) is 0 Å². The average molecular weight is 1020 g/mol. The molecular weight excluding hydrogens is 902 g/mol. The summed E-state index contributed by atoms with van der Waals surface area (Å²) in [4.78, 5) is 23.1. The molecule has 71 heavy (non-hydrogen) atoms. The maximum absolute atomic E-state index is 12.8. The van der Waals surface area contributed by atoms with E-state index in [1.54, 1.807) is 0 Å². The molecule has 414 valence electrons. The van der Waals surface area contributed by atoms with E-state index in [1.807, 2.05) is 21.1 Å². The summed E-state index contributed by atoms with van der Waals surface area (Å²) in [7, 11) is 1.65. The second kappa shape index (κ2) is 54.2. The fourth-order valence-corrected chi connectivity index (χ4v) is 9.01. The standard InChI is InChI=1S/C62H114NO7P/c1-6-8-10-12-14-16-18-20-22-24-26-28-30-31-32-34-36-38-40-42-44-46-48-50-52-54-57-67-59-61(60-69-71(65,66)68-58-56-63(3,4)5)70-62(64)55-53-51-49-47-45-43-41-39-37-35-33-29-27-25-23-21-19-17-15-13-11-9-7-2/h9,11,15,17,21,23,27,29,35,37,41,43,61H,6-8,10,12-14,16,18-20,22,24-26,28,30-34,36,38-40,42,44-60H2,1-5H3/p+1/b11-9-,17-15-,23-21-,29-27-,37-35-,43-41-. The lowest BCUT2D eigenvalue weighted by molar-refractivity contribution is -0.870. The van der Waals surface area contributed by atoms with Crippen molar-refractivity contribution in [1.29, 1.82) is 0 Å². The molecule has 0 radical (unpaired) electrons. The number of carbonyl (C=O) groups excluding carboxylic acids is 1. The Kier molecular flexibility index (Phi) is 52.6. The monoisotopic (exact) mass is 1020 g/mol. The number of phosphoric acid groups is 1. The van der Waals surface area contributed by atoms with E-state index < -0.39 is 13.9 Å². The normalized spacial score (nSPS) is 13.9. The molecule has 0 aromatic heterocycles. The number of hydrogen-bond donors (Lipinski definition) is 1. The maximum Gasteiger partial charge on any atom is 0.472 e. The van der Waals surface area contributed by atoms with Gasteiger partial charge < -0.3 is 18.9 Å². The maximum atomic E-state index is 12.8. The van der Waals surface area contributed by atoms with E-state index >= 15 is 0 Å². The zero-order valence-electron chi connectivity index (χ0n) is 47.2. The van der Waals surface area contributed by atoms with E-state index in [-0.39, 0.29) is 25.8 Å². The van der Waals surface area contributed by atoms with Crippen LogP contribution in [0.1, 0.15) is 258 Å². The third-order valence-corrected chi connectivity index (χ3v) is 13.8. The number of rotatable bonds is 55. The summed E-state index contributed by atoms with van der Waals surface area (Å²) in [6.07, 6.45) is 72.6. The molecule has 2 unspecified atom stereocenters. The summed E-state index contributed by atoms with van der Waals surface area (Å²) in [5.74, 6) is -0.335. The molecule has 8 nitrogen and oxygen atoms in total. The molecule has 0 aromatic rings. The molecule has 0 spiro atoms. The molecule has 0 aliphatic carbocycles. The van der Waals surface area contributed by atoms with E-state index in [2.05, 4.69) is 86.8 Å². The molecule has 0 rings (SSSR count). The van der Waals surface area contributed by atoms with Crippen molar-refractivity contribution >= 4 is 13.8 Å². The van der Waals surface area contributed by atoms with Gasteiger partial charge in [0.1, 0.15) is 19.3 Å². The van der Waals surface area contributed by atoms with Crippen LogP contribution in [-0.2, 0) is 27.9 Å². The topological polar surface area (TPSA) is 91.3 Å². The highest BCUT2D eigenvalue weighted by molar-refractivity contribution is 7.47. The van der Waals surface area contributed by atoms with Gasteiger partial charge >= 0.3 is 13.8 Å². The first-order valence-electron chi connectivity index (χ1n) is 29.7. The van der Waals surface area contributed by atoms with Gasteiger partial charge in [0.05, 0.1) is 34.4 Å². The molecule has 0 fully saturated rings. The van der Waals surface area contributed by atoms with E-state index in [9.17, 15) is 14.3 Å². The number of esters is 1. The number of ether oxygens (including phenoxy) is 2. The molecule has 0 aliphatic heterocycles. The minimum atomic E-state index is -4.30.